The topological polar surface area (TPSA) is 86.0 Å². The third-order valence-corrected chi connectivity index (χ3v) is 4.28. The summed E-state index contributed by atoms with van der Waals surface area (Å²) in [4.78, 5) is 37.7. The highest BCUT2D eigenvalue weighted by molar-refractivity contribution is 5.93. The van der Waals surface area contributed by atoms with Crippen molar-refractivity contribution in [2.24, 2.45) is 0 Å². The highest BCUT2D eigenvalue weighted by Crippen LogP contribution is 2.19. The Balaban J connectivity index is 1.74. The van der Waals surface area contributed by atoms with Crippen LogP contribution < -0.4 is 10.4 Å². The standard InChI is InChI=1S/C19H21NO6/c1-2-24-18(22)14-7-6-13-10-16(19(23)26-15(13)11-14)25-12-17(21)20-8-4-3-5-9-20/h6-7,10-11H,2-5,8-9,12H2,1H3. The van der Waals surface area contributed by atoms with Gasteiger partial charge in [-0.2, -0.15) is 0 Å². The van der Waals surface area contributed by atoms with E-state index in [2.05, 4.69) is 0 Å². The number of ether oxygens (including phenoxy) is 2. The maximum absolute atomic E-state index is 12.1. The maximum Gasteiger partial charge on any atom is 0.379 e. The SMILES string of the molecule is CCOC(=O)c1ccc2cc(OCC(=O)N3CCCCC3)c(=O)oc2c1. The Morgan fingerprint density at radius 1 is 1.15 bits per heavy atom. The molecule has 0 saturated carbocycles. The van der Waals surface area contributed by atoms with E-state index in [-0.39, 0.29) is 30.5 Å². The highest BCUT2D eigenvalue weighted by atomic mass is 16.5. The van der Waals surface area contributed by atoms with Crippen LogP contribution in [0.2, 0.25) is 0 Å². The number of piperidine rings is 1. The molecule has 1 fully saturated rings. The summed E-state index contributed by atoms with van der Waals surface area (Å²) in [6.07, 6.45) is 3.12. The maximum atomic E-state index is 12.1. The van der Waals surface area contributed by atoms with E-state index >= 15 is 0 Å². The first kappa shape index (κ1) is 18.0. The van der Waals surface area contributed by atoms with E-state index < -0.39 is 11.6 Å². The van der Waals surface area contributed by atoms with Crippen LogP contribution in [0.15, 0.2) is 33.5 Å². The molecule has 3 rings (SSSR count). The summed E-state index contributed by atoms with van der Waals surface area (Å²) in [5.41, 5.74) is -0.128. The molecule has 0 bridgehead atoms. The Kier molecular flexibility index (Phi) is 5.55. The molecule has 1 aliphatic heterocycles. The van der Waals surface area contributed by atoms with Gasteiger partial charge in [-0.1, -0.05) is 6.07 Å². The van der Waals surface area contributed by atoms with Gasteiger partial charge >= 0.3 is 11.6 Å². The van der Waals surface area contributed by atoms with Crippen molar-refractivity contribution in [3.05, 3.63) is 40.2 Å². The molecule has 7 heteroatoms. The van der Waals surface area contributed by atoms with Gasteiger partial charge in [0.15, 0.2) is 6.61 Å². The first-order valence-corrected chi connectivity index (χ1v) is 8.74. The van der Waals surface area contributed by atoms with Crippen LogP contribution in [0.4, 0.5) is 0 Å². The second-order valence-electron chi connectivity index (χ2n) is 6.10. The summed E-state index contributed by atoms with van der Waals surface area (Å²) in [5.74, 6) is -0.641. The zero-order valence-electron chi connectivity index (χ0n) is 14.7. The lowest BCUT2D eigenvalue weighted by Gasteiger charge is -2.26. The molecular weight excluding hydrogens is 338 g/mol. The highest BCUT2D eigenvalue weighted by Gasteiger charge is 2.18. The number of carbonyl (C=O) groups is 2. The summed E-state index contributed by atoms with van der Waals surface area (Å²) in [6.45, 7) is 3.24. The number of benzene rings is 1. The summed E-state index contributed by atoms with van der Waals surface area (Å²) in [6, 6.07) is 6.20. The van der Waals surface area contributed by atoms with Crippen molar-refractivity contribution in [2.75, 3.05) is 26.3 Å². The van der Waals surface area contributed by atoms with Crippen LogP contribution >= 0.6 is 0 Å². The predicted molar refractivity (Wildman–Crippen MR) is 94.4 cm³/mol. The Bertz CT molecular complexity index is 866. The molecule has 1 aromatic carbocycles. The van der Waals surface area contributed by atoms with Crippen LogP contribution in [0.25, 0.3) is 11.0 Å². The number of esters is 1. The van der Waals surface area contributed by atoms with Gasteiger partial charge in [0.1, 0.15) is 5.58 Å². The molecule has 1 aliphatic rings. The average Bonchev–Trinajstić information content (AvgIpc) is 2.66. The smallest absolute Gasteiger partial charge is 0.379 e. The van der Waals surface area contributed by atoms with E-state index in [4.69, 9.17) is 13.9 Å². The minimum absolute atomic E-state index is 0.0215. The Labute approximate surface area is 150 Å². The largest absolute Gasteiger partial charge is 0.476 e. The summed E-state index contributed by atoms with van der Waals surface area (Å²) in [5, 5.41) is 0.595. The fourth-order valence-corrected chi connectivity index (χ4v) is 2.91. The zero-order valence-corrected chi connectivity index (χ0v) is 14.7. The monoisotopic (exact) mass is 359 g/mol. The molecular formula is C19H21NO6. The van der Waals surface area contributed by atoms with E-state index in [0.29, 0.717) is 10.9 Å². The van der Waals surface area contributed by atoms with Crippen molar-refractivity contribution in [2.45, 2.75) is 26.2 Å². The number of nitrogens with zero attached hydrogens (tertiary/aromatic N) is 1. The lowest BCUT2D eigenvalue weighted by molar-refractivity contribution is -0.134. The van der Waals surface area contributed by atoms with Crippen molar-refractivity contribution in [1.82, 2.24) is 4.90 Å². The number of amides is 1. The van der Waals surface area contributed by atoms with Gasteiger partial charge in [0, 0.05) is 18.5 Å². The van der Waals surface area contributed by atoms with E-state index in [0.717, 1.165) is 32.4 Å². The fraction of sp³-hybridized carbons (Fsp3) is 0.421. The van der Waals surface area contributed by atoms with Gasteiger partial charge in [0.05, 0.1) is 12.2 Å². The first-order valence-electron chi connectivity index (χ1n) is 8.74. The van der Waals surface area contributed by atoms with Crippen molar-refractivity contribution in [3.8, 4) is 5.75 Å². The Hall–Kier alpha value is -2.83. The van der Waals surface area contributed by atoms with Gasteiger partial charge in [-0.25, -0.2) is 9.59 Å². The molecule has 0 N–H and O–H groups in total. The predicted octanol–water partition coefficient (Wildman–Crippen LogP) is 2.36. The second kappa shape index (κ2) is 8.03. The number of likely N-dealkylation sites (tertiary alicyclic amines) is 1. The van der Waals surface area contributed by atoms with Crippen molar-refractivity contribution < 1.29 is 23.5 Å². The van der Waals surface area contributed by atoms with Gasteiger partial charge < -0.3 is 18.8 Å². The molecule has 2 aromatic rings. The van der Waals surface area contributed by atoms with E-state index in [1.807, 2.05) is 0 Å². The molecule has 0 unspecified atom stereocenters. The van der Waals surface area contributed by atoms with Gasteiger partial charge in [0.2, 0.25) is 5.75 Å². The van der Waals surface area contributed by atoms with Crippen LogP contribution in [0.5, 0.6) is 5.75 Å². The molecule has 138 valence electrons. The molecule has 0 aliphatic carbocycles. The van der Waals surface area contributed by atoms with Crippen LogP contribution in [-0.2, 0) is 9.53 Å². The molecule has 7 nitrogen and oxygen atoms in total. The van der Waals surface area contributed by atoms with Crippen LogP contribution in [-0.4, -0.2) is 43.1 Å². The van der Waals surface area contributed by atoms with E-state index in [1.54, 1.807) is 24.0 Å². The van der Waals surface area contributed by atoms with Gasteiger partial charge in [-0.3, -0.25) is 4.79 Å². The normalized spacial score (nSPS) is 14.3. The minimum Gasteiger partial charge on any atom is -0.476 e. The minimum atomic E-state index is -0.690. The van der Waals surface area contributed by atoms with Crippen LogP contribution in [0.1, 0.15) is 36.5 Å². The second-order valence-corrected chi connectivity index (χ2v) is 6.10. The number of rotatable bonds is 5. The van der Waals surface area contributed by atoms with Crippen molar-refractivity contribution >= 4 is 22.8 Å². The average molecular weight is 359 g/mol. The third kappa shape index (κ3) is 4.04. The number of fused-ring (bicyclic) bond motifs is 1. The van der Waals surface area contributed by atoms with Crippen molar-refractivity contribution in [3.63, 3.8) is 0 Å². The molecule has 1 amide bonds. The van der Waals surface area contributed by atoms with E-state index in [9.17, 15) is 14.4 Å². The lowest BCUT2D eigenvalue weighted by Crippen LogP contribution is -2.38. The lowest BCUT2D eigenvalue weighted by atomic mass is 10.1. The first-order chi connectivity index (χ1) is 12.6. The Morgan fingerprint density at radius 2 is 1.92 bits per heavy atom. The van der Waals surface area contributed by atoms with E-state index in [1.165, 1.54) is 12.1 Å². The molecule has 1 saturated heterocycles. The summed E-state index contributed by atoms with van der Waals surface area (Å²) >= 11 is 0. The quantitative estimate of drug-likeness (QED) is 0.602. The van der Waals surface area contributed by atoms with Crippen LogP contribution in [0.3, 0.4) is 0 Å². The summed E-state index contributed by atoms with van der Waals surface area (Å²) < 4.78 is 15.5. The van der Waals surface area contributed by atoms with Gasteiger partial charge in [-0.15, -0.1) is 0 Å². The molecule has 0 spiro atoms. The van der Waals surface area contributed by atoms with Crippen LogP contribution in [0, 0.1) is 0 Å². The van der Waals surface area contributed by atoms with Crippen molar-refractivity contribution in [1.29, 1.82) is 0 Å². The summed E-state index contributed by atoms with van der Waals surface area (Å²) in [7, 11) is 0. The molecule has 1 aromatic heterocycles. The number of hydrogen-bond acceptors (Lipinski definition) is 6. The Morgan fingerprint density at radius 3 is 2.65 bits per heavy atom. The zero-order chi connectivity index (χ0) is 18.5. The molecule has 26 heavy (non-hydrogen) atoms. The third-order valence-electron chi connectivity index (χ3n) is 4.28. The molecule has 0 atom stereocenters. The molecule has 0 radical (unpaired) electrons. The number of carbonyl (C=O) groups excluding carboxylic acids is 2. The molecule has 2 heterocycles. The van der Waals surface area contributed by atoms with Gasteiger partial charge in [-0.05, 0) is 44.4 Å². The van der Waals surface area contributed by atoms with Gasteiger partial charge in [0.25, 0.3) is 5.91 Å². The number of hydrogen-bond donors (Lipinski definition) is 0. The fourth-order valence-electron chi connectivity index (χ4n) is 2.91.